The van der Waals surface area contributed by atoms with Crippen LogP contribution in [0.5, 0.6) is 17.2 Å². The Kier molecular flexibility index (Phi) is 28.3. The van der Waals surface area contributed by atoms with Gasteiger partial charge in [-0.3, -0.25) is 23.4 Å². The van der Waals surface area contributed by atoms with E-state index in [1.807, 2.05) is 162 Å². The minimum Gasteiger partial charge on any atom is -0.493 e. The van der Waals surface area contributed by atoms with Gasteiger partial charge in [0, 0.05) is 207 Å². The summed E-state index contributed by atoms with van der Waals surface area (Å²) in [5, 5.41) is 67.1. The van der Waals surface area contributed by atoms with Gasteiger partial charge in [0.1, 0.15) is 34.3 Å². The van der Waals surface area contributed by atoms with Gasteiger partial charge in [-0.15, -0.1) is 58.8 Å². The molecule has 10 aromatic heterocycles. The van der Waals surface area contributed by atoms with Gasteiger partial charge in [0.05, 0.1) is 97.5 Å². The van der Waals surface area contributed by atoms with Gasteiger partial charge in [0.25, 0.3) is 5.92 Å². The Morgan fingerprint density at radius 1 is 0.396 bits per heavy atom. The summed E-state index contributed by atoms with van der Waals surface area (Å²) in [5.41, 5.74) is 26.6. The lowest BCUT2D eigenvalue weighted by Gasteiger charge is -2.24. The van der Waals surface area contributed by atoms with Gasteiger partial charge >= 0.3 is 17.9 Å². The number of carboxylic acids is 3. The fourth-order valence-corrected chi connectivity index (χ4v) is 27.5. The number of hydrogen-bond acceptors (Lipinski definition) is 17. The Morgan fingerprint density at radius 3 is 1.39 bits per heavy atom. The van der Waals surface area contributed by atoms with E-state index in [2.05, 4.69) is 58.3 Å². The van der Waals surface area contributed by atoms with Crippen molar-refractivity contribution in [3.8, 4) is 50.6 Å². The van der Waals surface area contributed by atoms with Crippen LogP contribution >= 0.6 is 93.6 Å². The average Bonchev–Trinajstić information content (AvgIpc) is 1.56. The number of rotatable bonds is 3. The number of aromatic nitrogens is 15. The molecular weight excluding hydrogens is 1980 g/mol. The number of carbonyl (C=O) groups is 3. The van der Waals surface area contributed by atoms with Crippen molar-refractivity contribution in [3.63, 3.8) is 0 Å². The van der Waals surface area contributed by atoms with Crippen LogP contribution < -0.4 is 14.2 Å². The second kappa shape index (κ2) is 41.4. The zero-order chi connectivity index (χ0) is 99.8. The normalized spacial score (nSPS) is 15.9. The van der Waals surface area contributed by atoms with E-state index in [0.717, 1.165) is 248 Å². The fraction of sp³-hybridized carbons (Fsp3) is 0.355. The number of aromatic carboxylic acids is 3. The second-order valence-corrected chi connectivity index (χ2v) is 44.4. The highest BCUT2D eigenvalue weighted by atomic mass is 35.5. The van der Waals surface area contributed by atoms with Gasteiger partial charge < -0.3 is 43.2 Å². The van der Waals surface area contributed by atoms with Crippen LogP contribution in [0.2, 0.25) is 15.1 Å². The first-order chi connectivity index (χ1) is 69.7. The molecule has 6 aliphatic rings. The van der Waals surface area contributed by atoms with Gasteiger partial charge in [-0.05, 0) is 245 Å². The highest BCUT2D eigenvalue weighted by molar-refractivity contribution is 7.99. The molecule has 23 rings (SSSR count). The predicted octanol–water partition coefficient (Wildman–Crippen LogP) is 25.1. The second-order valence-electron chi connectivity index (χ2n) is 38.1. The van der Waals surface area contributed by atoms with Crippen LogP contribution in [-0.4, -0.2) is 125 Å². The molecule has 17 aromatic rings. The van der Waals surface area contributed by atoms with Crippen LogP contribution in [-0.2, 0) is 166 Å². The van der Waals surface area contributed by atoms with E-state index in [1.54, 1.807) is 75.3 Å². The third-order valence-electron chi connectivity index (χ3n) is 29.0. The quantitative estimate of drug-likeness (QED) is 0.148. The molecule has 0 radical (unpaired) electrons. The summed E-state index contributed by atoms with van der Waals surface area (Å²) in [7, 11) is 13.1. The summed E-state index contributed by atoms with van der Waals surface area (Å²) in [6.45, 7) is 4.07. The standard InChI is InChI=1S/C37H40ClN5O3S2.C37H32ClN5O3S2.C36H38ClF2N5O3S/c2*1-41-35-28-12-13-29(38)33(35)34-30(40-43-14-6-5-11-31(34)43)21-47-19-23-17-24(42(2)39-23)20-48-25-16-22-8-3-4-9-26(22)32(18-25)46-15-7-10-27(28)36(41)37(44)45;1-20-31-29(41-43(20)3)19-48-18-23-16-24(44(4)40-23)17-36(38,39)22-14-21-8-5-6-9-25(21)30(15-22)47-13-7-10-26-27-11-12-28(37)32(31)33(27)42(2)34(26)35(45)46/h12-13,16-18H,3-11,14-15,19-21H2,1-2H3,(H,44,45);3-6,8-9,11-14,16-18H,7,10,15,19-21H2,1-2H3,(H,44,45);11-12,14-16H,5-10,13,17-19H2,1-4H3,(H,45,46). The third-order valence-corrected chi connectivity index (χ3v) is 34.9. The molecule has 0 amide bonds. The number of carboxylic acid groups (broad SMARTS) is 3. The minimum absolute atomic E-state index is 0.0501. The number of thioether (sulfide) groups is 5. The first-order valence-electron chi connectivity index (χ1n) is 49.0. The highest BCUT2D eigenvalue weighted by Gasteiger charge is 2.38. The number of alkyl halides is 2. The number of pyridine rings is 1. The molecule has 2 aliphatic carbocycles. The SMILES string of the molecule is Cc1c2c(nn1C)CSCc1cc(n(C)n1)CC(F)(F)c1cc3c(c(c1)OCCCc1c(C(=O)O)n(C)c4c-2c(Cl)ccc14)CCCC3.Cn1nc2cc1CSc1cc(c3ccccc3c1)OCCCc1c(C(=O)O)n(C)c3c(c(Cl)ccc13)-c1c(nn3ccccc13)CSC2.Cn1nc2cc1CSc1cc3c(c(c1)OCCCc1c(C(=O)O)n(C)c4c(c(Cl)ccc14)-c1c(nn4c1CCCC4)CSC2)CCCC3. The molecule has 14 heterocycles. The average molecular weight is 2090 g/mol. The van der Waals surface area contributed by atoms with Crippen molar-refractivity contribution < 1.29 is 52.7 Å². The van der Waals surface area contributed by atoms with Crippen LogP contribution in [0, 0.1) is 6.92 Å². The van der Waals surface area contributed by atoms with Crippen molar-refractivity contribution in [2.24, 2.45) is 49.3 Å². The van der Waals surface area contributed by atoms with Crippen LogP contribution in [0.3, 0.4) is 0 Å². The fourth-order valence-electron chi connectivity index (χ4n) is 22.2. The number of benzene rings is 7. The van der Waals surface area contributed by atoms with Crippen molar-refractivity contribution in [1.82, 2.24) is 72.2 Å². The van der Waals surface area contributed by atoms with Crippen LogP contribution in [0.4, 0.5) is 8.78 Å². The lowest BCUT2D eigenvalue weighted by molar-refractivity contribution is -0.00600. The van der Waals surface area contributed by atoms with Gasteiger partial charge in [-0.25, -0.2) is 27.7 Å². The van der Waals surface area contributed by atoms with Gasteiger partial charge in [-0.1, -0.05) is 83.3 Å². The maximum atomic E-state index is 16.0. The number of fused-ring (bicyclic) bond motifs is 28. The Hall–Kier alpha value is -11.6. The van der Waals surface area contributed by atoms with E-state index in [9.17, 15) is 29.7 Å². The molecule has 34 heteroatoms. The van der Waals surface area contributed by atoms with E-state index in [0.29, 0.717) is 118 Å². The lowest BCUT2D eigenvalue weighted by Crippen LogP contribution is -2.20. The van der Waals surface area contributed by atoms with Crippen molar-refractivity contribution >= 4 is 161 Å². The summed E-state index contributed by atoms with van der Waals surface area (Å²) in [4.78, 5) is 40.7. The van der Waals surface area contributed by atoms with Gasteiger partial charge in [0.2, 0.25) is 0 Å². The summed E-state index contributed by atoms with van der Waals surface area (Å²) in [6.07, 6.45) is 15.9. The molecule has 744 valence electrons. The lowest BCUT2D eigenvalue weighted by atomic mass is 9.88. The molecule has 0 atom stereocenters. The molecule has 0 unspecified atom stereocenters. The topological polar surface area (TPSA) is 261 Å². The monoisotopic (exact) mass is 2090 g/mol. The third kappa shape index (κ3) is 19.1. The Balaban J connectivity index is 0.000000127. The maximum absolute atomic E-state index is 16.0. The molecule has 24 bridgehead atoms. The predicted molar refractivity (Wildman–Crippen MR) is 573 cm³/mol. The molecule has 0 fully saturated rings. The van der Waals surface area contributed by atoms with Crippen LogP contribution in [0.25, 0.3) is 82.4 Å². The summed E-state index contributed by atoms with van der Waals surface area (Å²) < 4.78 is 68.1. The van der Waals surface area contributed by atoms with E-state index in [4.69, 9.17) is 74.5 Å². The van der Waals surface area contributed by atoms with E-state index >= 15 is 8.78 Å². The van der Waals surface area contributed by atoms with Crippen molar-refractivity contribution in [3.05, 3.63) is 279 Å². The highest BCUT2D eigenvalue weighted by Crippen LogP contribution is 2.51. The minimum atomic E-state index is -3.13. The first-order valence-corrected chi connectivity index (χ1v) is 55.6. The van der Waals surface area contributed by atoms with Gasteiger partial charge in [-0.2, -0.15) is 30.6 Å². The Labute approximate surface area is 868 Å². The number of aryl methyl sites for hydroxylation is 13. The molecule has 0 saturated carbocycles. The van der Waals surface area contributed by atoms with Crippen molar-refractivity contribution in [2.75, 3.05) is 19.8 Å². The summed E-state index contributed by atoms with van der Waals surface area (Å²) >= 11 is 29.9. The number of ether oxygens (including phenoxy) is 3. The molecular formula is C110H110Cl3F2N15O9S5. The van der Waals surface area contributed by atoms with Crippen molar-refractivity contribution in [1.29, 1.82) is 0 Å². The molecule has 144 heavy (non-hydrogen) atoms. The van der Waals surface area contributed by atoms with E-state index in [1.165, 1.54) is 46.3 Å². The number of nitrogens with zero attached hydrogens (tertiary/aromatic N) is 15. The Bertz CT molecular complexity index is 7980. The molecule has 0 saturated heterocycles. The first kappa shape index (κ1) is 98.5. The zero-order valence-corrected chi connectivity index (χ0v) is 87.8. The van der Waals surface area contributed by atoms with Crippen molar-refractivity contribution in [2.45, 2.75) is 191 Å². The molecule has 4 aliphatic heterocycles. The molecule has 0 spiro atoms. The molecule has 3 N–H and O–H groups in total. The summed E-state index contributed by atoms with van der Waals surface area (Å²) in [6, 6.07) is 44.0. The van der Waals surface area contributed by atoms with Crippen LogP contribution in [0.1, 0.15) is 196 Å². The number of hydrogen-bond donors (Lipinski definition) is 3. The van der Waals surface area contributed by atoms with Crippen LogP contribution in [0.15, 0.2) is 149 Å². The maximum Gasteiger partial charge on any atom is 0.352 e. The smallest absolute Gasteiger partial charge is 0.352 e. The van der Waals surface area contributed by atoms with E-state index < -0.39 is 30.3 Å². The van der Waals surface area contributed by atoms with Gasteiger partial charge in [0.15, 0.2) is 0 Å². The summed E-state index contributed by atoms with van der Waals surface area (Å²) in [5.74, 6) is 1.71. The number of halogens is 5. The Morgan fingerprint density at radius 2 is 0.840 bits per heavy atom. The largest absolute Gasteiger partial charge is 0.493 e. The van der Waals surface area contributed by atoms with E-state index in [-0.39, 0.29) is 23.6 Å². The molecule has 24 nitrogen and oxygen atoms in total. The molecule has 7 aromatic carbocycles. The zero-order valence-electron chi connectivity index (χ0n) is 81.4.